The van der Waals surface area contributed by atoms with E-state index in [1.165, 1.54) is 18.2 Å². The van der Waals surface area contributed by atoms with E-state index in [1.807, 2.05) is 0 Å². The Morgan fingerprint density at radius 3 is 2.59 bits per heavy atom. The van der Waals surface area contributed by atoms with Crippen molar-refractivity contribution in [1.29, 1.82) is 0 Å². The maximum atomic E-state index is 13.8. The first-order valence-corrected chi connectivity index (χ1v) is 6.85. The van der Waals surface area contributed by atoms with Gasteiger partial charge in [0.05, 0.1) is 5.56 Å². The normalized spacial score (nSPS) is 14.0. The first-order valence-electron chi connectivity index (χ1n) is 6.85. The molecule has 0 saturated carbocycles. The molecular formula is C18H13FO3. The number of carbonyl (C=O) groups is 1. The minimum atomic E-state index is -0.868. The van der Waals surface area contributed by atoms with Gasteiger partial charge in [-0.1, -0.05) is 24.1 Å². The highest BCUT2D eigenvalue weighted by molar-refractivity contribution is 6.03. The molecule has 1 heterocycles. The van der Waals surface area contributed by atoms with Gasteiger partial charge in [-0.3, -0.25) is 4.79 Å². The standard InChI is InChI=1S/C18H13FO3/c1-2-13(18(20)14-5-3-4-6-15(14)19)12-7-8-16-17(11-12)22-10-9-21-16/h1,3-8,11,13H,9-10H2. The van der Waals surface area contributed by atoms with Crippen molar-refractivity contribution in [2.75, 3.05) is 13.2 Å². The Bertz CT molecular complexity index is 761. The van der Waals surface area contributed by atoms with Crippen LogP contribution in [0.1, 0.15) is 21.8 Å². The highest BCUT2D eigenvalue weighted by atomic mass is 19.1. The van der Waals surface area contributed by atoms with Crippen LogP contribution in [-0.2, 0) is 0 Å². The summed E-state index contributed by atoms with van der Waals surface area (Å²) in [6.45, 7) is 0.928. The van der Waals surface area contributed by atoms with Crippen LogP contribution in [0.4, 0.5) is 4.39 Å². The molecule has 0 amide bonds. The van der Waals surface area contributed by atoms with E-state index in [-0.39, 0.29) is 5.56 Å². The van der Waals surface area contributed by atoms with Crippen LogP contribution < -0.4 is 9.47 Å². The van der Waals surface area contributed by atoms with E-state index in [2.05, 4.69) is 5.92 Å². The third-order valence-electron chi connectivity index (χ3n) is 3.47. The van der Waals surface area contributed by atoms with Crippen LogP contribution in [0.5, 0.6) is 11.5 Å². The molecule has 2 aromatic carbocycles. The molecule has 1 aliphatic heterocycles. The Morgan fingerprint density at radius 1 is 1.14 bits per heavy atom. The van der Waals surface area contributed by atoms with Crippen molar-refractivity contribution in [1.82, 2.24) is 0 Å². The van der Waals surface area contributed by atoms with Crippen LogP contribution >= 0.6 is 0 Å². The van der Waals surface area contributed by atoms with E-state index in [0.29, 0.717) is 30.3 Å². The average molecular weight is 296 g/mol. The molecule has 0 fully saturated rings. The van der Waals surface area contributed by atoms with Crippen molar-refractivity contribution < 1.29 is 18.7 Å². The third-order valence-corrected chi connectivity index (χ3v) is 3.47. The van der Waals surface area contributed by atoms with Crippen molar-refractivity contribution >= 4 is 5.78 Å². The second kappa shape index (κ2) is 5.90. The molecule has 3 nitrogen and oxygen atoms in total. The van der Waals surface area contributed by atoms with Crippen molar-refractivity contribution in [2.45, 2.75) is 5.92 Å². The summed E-state index contributed by atoms with van der Waals surface area (Å²) in [5.74, 6) is 1.71. The minimum absolute atomic E-state index is 0.0136. The Kier molecular flexibility index (Phi) is 3.80. The molecule has 0 saturated heterocycles. The van der Waals surface area contributed by atoms with Gasteiger partial charge < -0.3 is 9.47 Å². The maximum Gasteiger partial charge on any atom is 0.185 e. The lowest BCUT2D eigenvalue weighted by Gasteiger charge is -2.20. The van der Waals surface area contributed by atoms with Crippen molar-refractivity contribution in [3.05, 3.63) is 59.4 Å². The number of carbonyl (C=O) groups excluding carboxylic acids is 1. The molecule has 0 aromatic heterocycles. The molecule has 1 atom stereocenters. The molecule has 0 aliphatic carbocycles. The van der Waals surface area contributed by atoms with Crippen LogP contribution in [0.15, 0.2) is 42.5 Å². The molecular weight excluding hydrogens is 283 g/mol. The number of fused-ring (bicyclic) bond motifs is 1. The number of hydrogen-bond acceptors (Lipinski definition) is 3. The molecule has 0 N–H and O–H groups in total. The van der Waals surface area contributed by atoms with E-state index < -0.39 is 17.5 Å². The number of hydrogen-bond donors (Lipinski definition) is 0. The van der Waals surface area contributed by atoms with Gasteiger partial charge in [-0.2, -0.15) is 0 Å². The van der Waals surface area contributed by atoms with Gasteiger partial charge in [-0.25, -0.2) is 4.39 Å². The first kappa shape index (κ1) is 14.2. The molecule has 2 aromatic rings. The van der Waals surface area contributed by atoms with E-state index in [4.69, 9.17) is 15.9 Å². The Morgan fingerprint density at radius 2 is 1.86 bits per heavy atom. The number of ketones is 1. The largest absolute Gasteiger partial charge is 0.486 e. The Labute approximate surface area is 127 Å². The molecule has 22 heavy (non-hydrogen) atoms. The molecule has 1 aliphatic rings. The lowest BCUT2D eigenvalue weighted by Crippen LogP contribution is -2.17. The summed E-state index contributed by atoms with van der Waals surface area (Å²) < 4.78 is 24.7. The van der Waals surface area contributed by atoms with Crippen molar-refractivity contribution in [3.8, 4) is 23.8 Å². The van der Waals surface area contributed by atoms with Crippen molar-refractivity contribution in [2.24, 2.45) is 0 Å². The van der Waals surface area contributed by atoms with E-state index in [1.54, 1.807) is 24.3 Å². The van der Waals surface area contributed by atoms with E-state index >= 15 is 0 Å². The van der Waals surface area contributed by atoms with Gasteiger partial charge in [0, 0.05) is 0 Å². The van der Waals surface area contributed by atoms with Gasteiger partial charge in [0.1, 0.15) is 24.9 Å². The molecule has 1 unspecified atom stereocenters. The lowest BCUT2D eigenvalue weighted by atomic mass is 9.91. The minimum Gasteiger partial charge on any atom is -0.486 e. The van der Waals surface area contributed by atoms with Gasteiger partial charge in [0.2, 0.25) is 0 Å². The van der Waals surface area contributed by atoms with Gasteiger partial charge in [0.25, 0.3) is 0 Å². The SMILES string of the molecule is C#CC(C(=O)c1ccccc1F)c1ccc2c(c1)OCCO2. The van der Waals surface area contributed by atoms with Gasteiger partial charge in [-0.05, 0) is 29.8 Å². The quantitative estimate of drug-likeness (QED) is 0.644. The Hall–Kier alpha value is -2.80. The number of halogens is 1. The fraction of sp³-hybridized carbons (Fsp3) is 0.167. The zero-order valence-electron chi connectivity index (χ0n) is 11.7. The summed E-state index contributed by atoms with van der Waals surface area (Å²) in [7, 11) is 0. The van der Waals surface area contributed by atoms with Gasteiger partial charge in [-0.15, -0.1) is 6.42 Å². The highest BCUT2D eigenvalue weighted by Crippen LogP contribution is 2.34. The third kappa shape index (κ3) is 2.53. The average Bonchev–Trinajstić information content (AvgIpc) is 2.55. The number of terminal acetylenes is 1. The number of ether oxygens (including phenoxy) is 2. The second-order valence-corrected chi connectivity index (χ2v) is 4.85. The molecule has 3 rings (SSSR count). The summed E-state index contributed by atoms with van der Waals surface area (Å²) in [6.07, 6.45) is 5.50. The summed E-state index contributed by atoms with van der Waals surface area (Å²) in [5.41, 5.74) is 0.570. The zero-order valence-corrected chi connectivity index (χ0v) is 11.7. The summed E-state index contributed by atoms with van der Waals surface area (Å²) >= 11 is 0. The van der Waals surface area contributed by atoms with Crippen LogP contribution in [0, 0.1) is 18.2 Å². The smallest absolute Gasteiger partial charge is 0.185 e. The second-order valence-electron chi connectivity index (χ2n) is 4.85. The monoisotopic (exact) mass is 296 g/mol. The van der Waals surface area contributed by atoms with Gasteiger partial charge >= 0.3 is 0 Å². The predicted octanol–water partition coefficient (Wildman–Crippen LogP) is 3.20. The molecule has 0 radical (unpaired) electrons. The van der Waals surface area contributed by atoms with Crippen LogP contribution in [-0.4, -0.2) is 19.0 Å². The topological polar surface area (TPSA) is 35.5 Å². The molecule has 0 bridgehead atoms. The summed E-state index contributed by atoms with van der Waals surface area (Å²) in [4.78, 5) is 12.5. The number of rotatable bonds is 3. The molecule has 0 spiro atoms. The van der Waals surface area contributed by atoms with Gasteiger partial charge in [0.15, 0.2) is 17.3 Å². The summed E-state index contributed by atoms with van der Waals surface area (Å²) in [6, 6.07) is 10.9. The zero-order chi connectivity index (χ0) is 15.5. The predicted molar refractivity (Wildman–Crippen MR) is 79.7 cm³/mol. The van der Waals surface area contributed by atoms with Crippen LogP contribution in [0.3, 0.4) is 0 Å². The molecule has 110 valence electrons. The highest BCUT2D eigenvalue weighted by Gasteiger charge is 2.24. The van der Waals surface area contributed by atoms with E-state index in [0.717, 1.165) is 0 Å². The van der Waals surface area contributed by atoms with E-state index in [9.17, 15) is 9.18 Å². The first-order chi connectivity index (χ1) is 10.7. The lowest BCUT2D eigenvalue weighted by molar-refractivity contribution is 0.0975. The van der Waals surface area contributed by atoms with Crippen molar-refractivity contribution in [3.63, 3.8) is 0 Å². The summed E-state index contributed by atoms with van der Waals surface area (Å²) in [5, 5.41) is 0. The molecule has 4 heteroatoms. The maximum absolute atomic E-state index is 13.8. The fourth-order valence-corrected chi connectivity index (χ4v) is 2.38. The number of benzene rings is 2. The number of Topliss-reactive ketones (excluding diaryl/α,β-unsaturated/α-hetero) is 1. The Balaban J connectivity index is 1.96. The van der Waals surface area contributed by atoms with Crippen LogP contribution in [0.25, 0.3) is 0 Å². The van der Waals surface area contributed by atoms with Crippen LogP contribution in [0.2, 0.25) is 0 Å². The fourth-order valence-electron chi connectivity index (χ4n) is 2.38.